The van der Waals surface area contributed by atoms with Crippen molar-refractivity contribution in [1.82, 2.24) is 9.97 Å². The number of nitrogens with one attached hydrogen (secondary N) is 2. The summed E-state index contributed by atoms with van der Waals surface area (Å²) < 4.78 is 0. The molecule has 1 aromatic carbocycles. The van der Waals surface area contributed by atoms with Crippen molar-refractivity contribution in [2.45, 2.75) is 20.8 Å². The molecule has 0 bridgehead atoms. The molecule has 20 heavy (non-hydrogen) atoms. The highest BCUT2D eigenvalue weighted by molar-refractivity contribution is 6.03. The second kappa shape index (κ2) is 5.69. The Morgan fingerprint density at radius 2 is 1.70 bits per heavy atom. The van der Waals surface area contributed by atoms with Crippen LogP contribution in [0.15, 0.2) is 24.5 Å². The van der Waals surface area contributed by atoms with Crippen LogP contribution in [0, 0.1) is 20.8 Å². The van der Waals surface area contributed by atoms with Gasteiger partial charge in [0.1, 0.15) is 11.5 Å². The fourth-order valence-electron chi connectivity index (χ4n) is 2.13. The van der Waals surface area contributed by atoms with Gasteiger partial charge < -0.3 is 10.6 Å². The number of carbonyl (C=O) groups excluding carboxylic acids is 1. The summed E-state index contributed by atoms with van der Waals surface area (Å²) in [6.45, 7) is 5.99. The zero-order valence-corrected chi connectivity index (χ0v) is 12.1. The zero-order chi connectivity index (χ0) is 14.7. The maximum atomic E-state index is 12.2. The van der Waals surface area contributed by atoms with Crippen LogP contribution in [0.4, 0.5) is 11.5 Å². The minimum atomic E-state index is -0.254. The summed E-state index contributed by atoms with van der Waals surface area (Å²) in [4.78, 5) is 20.3. The number of rotatable bonds is 3. The number of amides is 1. The Kier molecular flexibility index (Phi) is 3.98. The molecular formula is C15H18N4O. The van der Waals surface area contributed by atoms with E-state index in [-0.39, 0.29) is 5.91 Å². The Labute approximate surface area is 118 Å². The molecule has 0 spiro atoms. The first kappa shape index (κ1) is 14.0. The van der Waals surface area contributed by atoms with Gasteiger partial charge in [-0.1, -0.05) is 17.7 Å². The number of nitrogens with zero attached hydrogens (tertiary/aromatic N) is 2. The molecule has 0 aliphatic heterocycles. The smallest absolute Gasteiger partial charge is 0.275 e. The van der Waals surface area contributed by atoms with Crippen molar-refractivity contribution in [2.75, 3.05) is 17.7 Å². The van der Waals surface area contributed by atoms with Crippen LogP contribution in [0.3, 0.4) is 0 Å². The van der Waals surface area contributed by atoms with E-state index in [4.69, 9.17) is 0 Å². The van der Waals surface area contributed by atoms with Crippen molar-refractivity contribution < 1.29 is 4.79 Å². The van der Waals surface area contributed by atoms with Crippen molar-refractivity contribution in [3.8, 4) is 0 Å². The Morgan fingerprint density at radius 1 is 1.05 bits per heavy atom. The Bertz CT molecular complexity index is 612. The van der Waals surface area contributed by atoms with Gasteiger partial charge in [-0.3, -0.25) is 4.79 Å². The van der Waals surface area contributed by atoms with E-state index < -0.39 is 0 Å². The van der Waals surface area contributed by atoms with Crippen LogP contribution in [0.2, 0.25) is 0 Å². The quantitative estimate of drug-likeness (QED) is 0.900. The Hall–Kier alpha value is -2.43. The summed E-state index contributed by atoms with van der Waals surface area (Å²) in [5.74, 6) is 0.374. The van der Waals surface area contributed by atoms with E-state index in [9.17, 15) is 4.79 Å². The van der Waals surface area contributed by atoms with Crippen LogP contribution in [0.25, 0.3) is 0 Å². The van der Waals surface area contributed by atoms with E-state index in [1.54, 1.807) is 7.05 Å². The number of aryl methyl sites for hydroxylation is 3. The molecule has 104 valence electrons. The highest BCUT2D eigenvalue weighted by atomic mass is 16.1. The molecule has 0 fully saturated rings. The molecule has 2 aromatic rings. The number of benzene rings is 1. The summed E-state index contributed by atoms with van der Waals surface area (Å²) in [5.41, 5.74) is 4.38. The van der Waals surface area contributed by atoms with Crippen molar-refractivity contribution in [3.05, 3.63) is 46.9 Å². The van der Waals surface area contributed by atoms with Crippen LogP contribution >= 0.6 is 0 Å². The van der Waals surface area contributed by atoms with Gasteiger partial charge in [-0.15, -0.1) is 0 Å². The number of carbonyl (C=O) groups is 1. The maximum absolute atomic E-state index is 12.2. The van der Waals surface area contributed by atoms with E-state index in [0.717, 1.165) is 16.8 Å². The predicted molar refractivity (Wildman–Crippen MR) is 80.2 cm³/mol. The fraction of sp³-hybridized carbons (Fsp3) is 0.267. The van der Waals surface area contributed by atoms with Crippen LogP contribution in [-0.2, 0) is 0 Å². The molecule has 0 aliphatic carbocycles. The fourth-order valence-corrected chi connectivity index (χ4v) is 2.13. The van der Waals surface area contributed by atoms with Gasteiger partial charge in [-0.05, 0) is 31.9 Å². The molecule has 5 heteroatoms. The van der Waals surface area contributed by atoms with Gasteiger partial charge in [0, 0.05) is 12.7 Å². The van der Waals surface area contributed by atoms with Gasteiger partial charge in [0.2, 0.25) is 0 Å². The summed E-state index contributed by atoms with van der Waals surface area (Å²) in [5, 5.41) is 5.76. The first-order chi connectivity index (χ1) is 9.51. The molecule has 5 nitrogen and oxygen atoms in total. The Balaban J connectivity index is 2.23. The van der Waals surface area contributed by atoms with Crippen molar-refractivity contribution in [3.63, 3.8) is 0 Å². The maximum Gasteiger partial charge on any atom is 0.275 e. The first-order valence-electron chi connectivity index (χ1n) is 6.40. The van der Waals surface area contributed by atoms with Crippen LogP contribution in [0.5, 0.6) is 0 Å². The first-order valence-corrected chi connectivity index (χ1v) is 6.40. The van der Waals surface area contributed by atoms with Crippen molar-refractivity contribution in [1.29, 1.82) is 0 Å². The number of aromatic nitrogens is 2. The lowest BCUT2D eigenvalue weighted by atomic mass is 10.1. The van der Waals surface area contributed by atoms with Crippen molar-refractivity contribution in [2.24, 2.45) is 0 Å². The molecule has 0 unspecified atom stereocenters. The third kappa shape index (κ3) is 2.93. The monoisotopic (exact) mass is 270 g/mol. The summed E-state index contributed by atoms with van der Waals surface area (Å²) in [6, 6.07) is 4.08. The van der Waals surface area contributed by atoms with Gasteiger partial charge in [0.25, 0.3) is 5.91 Å². The standard InChI is InChI=1S/C15H18N4O/c1-9-5-10(2)14(11(3)6-9)19-15(20)12-7-18-13(16-4)8-17-12/h5-8H,1-4H3,(H,16,18)(H,19,20). The number of hydrogen-bond donors (Lipinski definition) is 2. The normalized spacial score (nSPS) is 10.2. The van der Waals surface area contributed by atoms with E-state index in [1.807, 2.05) is 32.9 Å². The van der Waals surface area contributed by atoms with Crippen molar-refractivity contribution >= 4 is 17.4 Å². The number of hydrogen-bond acceptors (Lipinski definition) is 4. The molecular weight excluding hydrogens is 252 g/mol. The average molecular weight is 270 g/mol. The van der Waals surface area contributed by atoms with Gasteiger partial charge in [0.15, 0.2) is 0 Å². The third-order valence-electron chi connectivity index (χ3n) is 3.06. The lowest BCUT2D eigenvalue weighted by Gasteiger charge is -2.12. The summed E-state index contributed by atoms with van der Waals surface area (Å²) in [7, 11) is 1.75. The lowest BCUT2D eigenvalue weighted by Crippen LogP contribution is -2.16. The lowest BCUT2D eigenvalue weighted by molar-refractivity contribution is 0.102. The van der Waals surface area contributed by atoms with Crippen LogP contribution in [-0.4, -0.2) is 22.9 Å². The summed E-state index contributed by atoms with van der Waals surface area (Å²) >= 11 is 0. The highest BCUT2D eigenvalue weighted by Crippen LogP contribution is 2.22. The van der Waals surface area contributed by atoms with Gasteiger partial charge in [0.05, 0.1) is 12.4 Å². The molecule has 2 N–H and O–H groups in total. The largest absolute Gasteiger partial charge is 0.372 e. The second-order valence-corrected chi connectivity index (χ2v) is 4.76. The highest BCUT2D eigenvalue weighted by Gasteiger charge is 2.11. The molecule has 2 rings (SSSR count). The van der Waals surface area contributed by atoms with E-state index >= 15 is 0 Å². The molecule has 0 radical (unpaired) electrons. The van der Waals surface area contributed by atoms with E-state index in [2.05, 4.69) is 20.6 Å². The molecule has 0 saturated heterocycles. The molecule has 1 heterocycles. The molecule has 1 amide bonds. The third-order valence-corrected chi connectivity index (χ3v) is 3.06. The SMILES string of the molecule is CNc1cnc(C(=O)Nc2c(C)cc(C)cc2C)cn1. The minimum Gasteiger partial charge on any atom is -0.372 e. The zero-order valence-electron chi connectivity index (χ0n) is 12.1. The molecule has 0 atom stereocenters. The van der Waals surface area contributed by atoms with Gasteiger partial charge >= 0.3 is 0 Å². The number of anilines is 2. The topological polar surface area (TPSA) is 66.9 Å². The van der Waals surface area contributed by atoms with E-state index in [0.29, 0.717) is 11.5 Å². The Morgan fingerprint density at radius 3 is 2.20 bits per heavy atom. The molecule has 0 aliphatic rings. The van der Waals surface area contributed by atoms with Crippen LogP contribution in [0.1, 0.15) is 27.2 Å². The average Bonchev–Trinajstić information content (AvgIpc) is 2.42. The van der Waals surface area contributed by atoms with Gasteiger partial charge in [-0.2, -0.15) is 0 Å². The minimum absolute atomic E-state index is 0.254. The second-order valence-electron chi connectivity index (χ2n) is 4.76. The van der Waals surface area contributed by atoms with Gasteiger partial charge in [-0.25, -0.2) is 9.97 Å². The predicted octanol–water partition coefficient (Wildman–Crippen LogP) is 2.70. The molecule has 1 aromatic heterocycles. The van der Waals surface area contributed by atoms with Crippen LogP contribution < -0.4 is 10.6 Å². The van der Waals surface area contributed by atoms with E-state index in [1.165, 1.54) is 18.0 Å². The molecule has 0 saturated carbocycles. The summed E-state index contributed by atoms with van der Waals surface area (Å²) in [6.07, 6.45) is 2.99.